The Hall–Kier alpha value is -1.30. The average Bonchev–Trinajstić information content (AvgIpc) is 2.78. The number of rotatable bonds is 3. The topological polar surface area (TPSA) is 50.9 Å². The molecule has 1 heterocycles. The predicted molar refractivity (Wildman–Crippen MR) is 62.4 cm³/mol. The van der Waals surface area contributed by atoms with Gasteiger partial charge < -0.3 is 0 Å². The first-order chi connectivity index (χ1) is 7.72. The number of hydrogen-bond acceptors (Lipinski definition) is 4. The summed E-state index contributed by atoms with van der Waals surface area (Å²) < 4.78 is 13.4. The fourth-order valence-corrected chi connectivity index (χ4v) is 2.09. The van der Waals surface area contributed by atoms with Gasteiger partial charge >= 0.3 is 0 Å². The summed E-state index contributed by atoms with van der Waals surface area (Å²) in [6, 6.07) is 4.81. The van der Waals surface area contributed by atoms with Crippen LogP contribution in [0.3, 0.4) is 0 Å². The van der Waals surface area contributed by atoms with Gasteiger partial charge in [-0.25, -0.2) is 14.8 Å². The Morgan fingerprint density at radius 1 is 1.50 bits per heavy atom. The highest BCUT2D eigenvalue weighted by molar-refractivity contribution is 7.07. The Balaban J connectivity index is 2.37. The summed E-state index contributed by atoms with van der Waals surface area (Å²) in [6.07, 6.45) is 0. The molecule has 0 aliphatic carbocycles. The van der Waals surface area contributed by atoms with Gasteiger partial charge in [-0.3, -0.25) is 5.84 Å². The number of nitrogens with two attached hydrogens (primary N) is 1. The van der Waals surface area contributed by atoms with Gasteiger partial charge in [0.2, 0.25) is 0 Å². The van der Waals surface area contributed by atoms with E-state index in [0.717, 1.165) is 11.3 Å². The van der Waals surface area contributed by atoms with Gasteiger partial charge in [0.15, 0.2) is 0 Å². The maximum absolute atomic E-state index is 13.4. The third kappa shape index (κ3) is 2.11. The van der Waals surface area contributed by atoms with E-state index in [-0.39, 0.29) is 11.9 Å². The summed E-state index contributed by atoms with van der Waals surface area (Å²) >= 11 is 1.48. The molecule has 0 bridgehead atoms. The summed E-state index contributed by atoms with van der Waals surface area (Å²) in [5.74, 6) is 5.25. The summed E-state index contributed by atoms with van der Waals surface area (Å²) in [6.45, 7) is 1.73. The van der Waals surface area contributed by atoms with E-state index in [4.69, 9.17) is 5.84 Å². The van der Waals surface area contributed by atoms with E-state index < -0.39 is 0 Å². The Kier molecular flexibility index (Phi) is 3.28. The largest absolute Gasteiger partial charge is 0.271 e. The second-order valence-corrected chi connectivity index (χ2v) is 4.24. The lowest BCUT2D eigenvalue weighted by molar-refractivity contribution is 0.594. The smallest absolute Gasteiger partial charge is 0.126 e. The summed E-state index contributed by atoms with van der Waals surface area (Å²) in [5.41, 5.74) is 6.57. The highest BCUT2D eigenvalue weighted by Crippen LogP contribution is 2.22. The van der Waals surface area contributed by atoms with Crippen molar-refractivity contribution in [1.82, 2.24) is 10.4 Å². The van der Waals surface area contributed by atoms with Crippen LogP contribution in [-0.2, 0) is 0 Å². The van der Waals surface area contributed by atoms with Crippen LogP contribution >= 0.6 is 11.3 Å². The van der Waals surface area contributed by atoms with Gasteiger partial charge in [0, 0.05) is 5.38 Å². The molecule has 84 valence electrons. The van der Waals surface area contributed by atoms with E-state index >= 15 is 0 Å². The molecule has 0 saturated carbocycles. The van der Waals surface area contributed by atoms with Crippen LogP contribution in [0.5, 0.6) is 0 Å². The standard InChI is InChI=1S/C11H12FN3S/c1-7-2-3-8(4-9(7)12)11(15-13)10-5-16-6-14-10/h2-6,11,15H,13H2,1H3. The lowest BCUT2D eigenvalue weighted by atomic mass is 10.0. The molecule has 2 aromatic rings. The maximum atomic E-state index is 13.4. The van der Waals surface area contributed by atoms with Gasteiger partial charge in [0.1, 0.15) is 5.82 Å². The lowest BCUT2D eigenvalue weighted by Crippen LogP contribution is -2.29. The molecule has 1 unspecified atom stereocenters. The molecule has 0 saturated heterocycles. The van der Waals surface area contributed by atoms with E-state index in [1.807, 2.05) is 11.4 Å². The van der Waals surface area contributed by atoms with Crippen molar-refractivity contribution in [3.05, 3.63) is 51.7 Å². The van der Waals surface area contributed by atoms with Crippen LogP contribution in [0.4, 0.5) is 4.39 Å². The number of aryl methyl sites for hydroxylation is 1. The van der Waals surface area contributed by atoms with E-state index in [2.05, 4.69) is 10.4 Å². The molecular formula is C11H12FN3S. The third-order valence-electron chi connectivity index (χ3n) is 2.44. The van der Waals surface area contributed by atoms with Crippen LogP contribution < -0.4 is 11.3 Å². The van der Waals surface area contributed by atoms with Gasteiger partial charge in [0.25, 0.3) is 0 Å². The molecule has 0 amide bonds. The van der Waals surface area contributed by atoms with E-state index in [1.54, 1.807) is 18.5 Å². The Morgan fingerprint density at radius 3 is 2.88 bits per heavy atom. The third-order valence-corrected chi connectivity index (χ3v) is 3.05. The summed E-state index contributed by atoms with van der Waals surface area (Å²) in [4.78, 5) is 4.17. The molecular weight excluding hydrogens is 225 g/mol. The van der Waals surface area contributed by atoms with Crippen molar-refractivity contribution in [1.29, 1.82) is 0 Å². The van der Waals surface area contributed by atoms with Crippen molar-refractivity contribution in [2.75, 3.05) is 0 Å². The van der Waals surface area contributed by atoms with Crippen LogP contribution in [0.2, 0.25) is 0 Å². The van der Waals surface area contributed by atoms with Crippen LogP contribution in [-0.4, -0.2) is 4.98 Å². The number of thiazole rings is 1. The quantitative estimate of drug-likeness (QED) is 0.635. The van der Waals surface area contributed by atoms with Crippen molar-refractivity contribution in [2.45, 2.75) is 13.0 Å². The first kappa shape index (κ1) is 11.2. The highest BCUT2D eigenvalue weighted by Gasteiger charge is 2.15. The van der Waals surface area contributed by atoms with Gasteiger partial charge in [-0.1, -0.05) is 12.1 Å². The highest BCUT2D eigenvalue weighted by atomic mass is 32.1. The molecule has 0 fully saturated rings. The van der Waals surface area contributed by atoms with E-state index in [1.165, 1.54) is 17.4 Å². The molecule has 0 spiro atoms. The molecule has 16 heavy (non-hydrogen) atoms. The molecule has 2 rings (SSSR count). The van der Waals surface area contributed by atoms with Gasteiger partial charge in [-0.15, -0.1) is 11.3 Å². The van der Waals surface area contributed by atoms with Crippen LogP contribution in [0.1, 0.15) is 22.9 Å². The number of nitrogens with zero attached hydrogens (tertiary/aromatic N) is 1. The second-order valence-electron chi connectivity index (χ2n) is 3.52. The summed E-state index contributed by atoms with van der Waals surface area (Å²) in [7, 11) is 0. The first-order valence-corrected chi connectivity index (χ1v) is 5.77. The van der Waals surface area contributed by atoms with Gasteiger partial charge in [-0.05, 0) is 24.1 Å². The zero-order valence-corrected chi connectivity index (χ0v) is 9.59. The minimum atomic E-state index is -0.263. The maximum Gasteiger partial charge on any atom is 0.126 e. The SMILES string of the molecule is Cc1ccc(C(NN)c2cscn2)cc1F. The molecule has 3 N–H and O–H groups in total. The fourth-order valence-electron chi connectivity index (χ4n) is 1.51. The monoisotopic (exact) mass is 237 g/mol. The van der Waals surface area contributed by atoms with E-state index in [9.17, 15) is 4.39 Å². The second kappa shape index (κ2) is 4.69. The van der Waals surface area contributed by atoms with Crippen LogP contribution in [0, 0.1) is 12.7 Å². The molecule has 1 aromatic heterocycles. The Morgan fingerprint density at radius 2 is 2.31 bits per heavy atom. The lowest BCUT2D eigenvalue weighted by Gasteiger charge is -2.14. The molecule has 5 heteroatoms. The van der Waals surface area contributed by atoms with Crippen LogP contribution in [0.15, 0.2) is 29.1 Å². The number of nitrogens with one attached hydrogen (secondary N) is 1. The number of benzene rings is 1. The summed E-state index contributed by atoms with van der Waals surface area (Å²) in [5, 5.41) is 1.89. The Bertz CT molecular complexity index is 470. The number of hydrazine groups is 1. The molecule has 0 aliphatic heterocycles. The zero-order chi connectivity index (χ0) is 11.5. The molecule has 0 radical (unpaired) electrons. The molecule has 1 atom stereocenters. The zero-order valence-electron chi connectivity index (χ0n) is 8.77. The minimum Gasteiger partial charge on any atom is -0.271 e. The number of aromatic nitrogens is 1. The number of halogens is 1. The first-order valence-electron chi connectivity index (χ1n) is 4.82. The van der Waals surface area contributed by atoms with Crippen LogP contribution in [0.25, 0.3) is 0 Å². The average molecular weight is 237 g/mol. The normalized spacial score (nSPS) is 12.7. The van der Waals surface area contributed by atoms with Crippen molar-refractivity contribution in [3.63, 3.8) is 0 Å². The fraction of sp³-hybridized carbons (Fsp3) is 0.182. The van der Waals surface area contributed by atoms with Gasteiger partial charge in [-0.2, -0.15) is 0 Å². The van der Waals surface area contributed by atoms with E-state index in [0.29, 0.717) is 5.56 Å². The molecule has 3 nitrogen and oxygen atoms in total. The van der Waals surface area contributed by atoms with Gasteiger partial charge in [0.05, 0.1) is 17.2 Å². The molecule has 0 aliphatic rings. The van der Waals surface area contributed by atoms with Crippen molar-refractivity contribution in [2.24, 2.45) is 5.84 Å². The van der Waals surface area contributed by atoms with Crippen molar-refractivity contribution >= 4 is 11.3 Å². The Labute approximate surface area is 97.1 Å². The van der Waals surface area contributed by atoms with Crippen molar-refractivity contribution in [3.8, 4) is 0 Å². The predicted octanol–water partition coefficient (Wildman–Crippen LogP) is 2.14. The van der Waals surface area contributed by atoms with Crippen molar-refractivity contribution < 1.29 is 4.39 Å². The molecule has 1 aromatic carbocycles. The number of hydrogen-bond donors (Lipinski definition) is 2. The minimum absolute atomic E-state index is 0.229.